The van der Waals surface area contributed by atoms with Crippen molar-refractivity contribution in [3.05, 3.63) is 59.8 Å². The van der Waals surface area contributed by atoms with E-state index in [0.717, 1.165) is 30.5 Å². The number of aliphatic hydroxyl groups excluding tert-OH is 1. The van der Waals surface area contributed by atoms with Crippen molar-refractivity contribution in [3.8, 4) is 11.3 Å². The van der Waals surface area contributed by atoms with Crippen molar-refractivity contribution in [2.24, 2.45) is 0 Å². The highest BCUT2D eigenvalue weighted by Gasteiger charge is 2.24. The Hall–Kier alpha value is -3.59. The molecule has 0 radical (unpaired) electrons. The van der Waals surface area contributed by atoms with Gasteiger partial charge in [0.2, 0.25) is 0 Å². The van der Waals surface area contributed by atoms with Crippen LogP contribution in [-0.2, 0) is 0 Å². The molecule has 0 spiro atoms. The van der Waals surface area contributed by atoms with E-state index < -0.39 is 11.6 Å². The number of anilines is 1. The average molecular weight is 437 g/mol. The Bertz CT molecular complexity index is 1320. The summed E-state index contributed by atoms with van der Waals surface area (Å²) in [5.74, 6) is -1.67. The summed E-state index contributed by atoms with van der Waals surface area (Å²) < 4.78 is 29.7. The number of nitrogens with zero attached hydrogens (tertiary/aromatic N) is 3. The Morgan fingerprint density at radius 1 is 1.16 bits per heavy atom. The molecule has 9 heteroatoms. The van der Waals surface area contributed by atoms with Gasteiger partial charge in [-0.05, 0) is 31.4 Å². The third kappa shape index (κ3) is 3.75. The molecule has 164 valence electrons. The summed E-state index contributed by atoms with van der Waals surface area (Å²) in [6, 6.07) is 9.49. The van der Waals surface area contributed by atoms with Crippen LogP contribution in [0.15, 0.2) is 42.6 Å². The molecule has 4 aromatic rings. The summed E-state index contributed by atoms with van der Waals surface area (Å²) in [7, 11) is 0. The molecule has 32 heavy (non-hydrogen) atoms. The number of nitrogens with one attached hydrogen (secondary N) is 2. The molecule has 1 saturated carbocycles. The maximum absolute atomic E-state index is 14.1. The molecule has 3 N–H and O–H groups in total. The Morgan fingerprint density at radius 3 is 2.62 bits per heavy atom. The SMILES string of the molecule is O=C(NC1CC1)c1ccc(-c2cnc3c(NCCCO)nc4cc(F)c(F)cc4n23)cc1. The van der Waals surface area contributed by atoms with Crippen molar-refractivity contribution >= 4 is 28.4 Å². The second-order valence-corrected chi connectivity index (χ2v) is 7.85. The zero-order valence-corrected chi connectivity index (χ0v) is 17.1. The summed E-state index contributed by atoms with van der Waals surface area (Å²) >= 11 is 0. The number of halogens is 2. The highest BCUT2D eigenvalue weighted by molar-refractivity contribution is 5.95. The Kier molecular flexibility index (Phi) is 5.18. The first-order chi connectivity index (χ1) is 15.5. The van der Waals surface area contributed by atoms with Gasteiger partial charge < -0.3 is 15.7 Å². The summed E-state index contributed by atoms with van der Waals surface area (Å²) in [5.41, 5.74) is 3.06. The number of aromatic nitrogens is 3. The number of benzene rings is 2. The van der Waals surface area contributed by atoms with E-state index in [1.165, 1.54) is 0 Å². The molecule has 0 atom stereocenters. The van der Waals surface area contributed by atoms with E-state index in [9.17, 15) is 13.6 Å². The number of hydrogen-bond donors (Lipinski definition) is 3. The first kappa shape index (κ1) is 20.3. The van der Waals surface area contributed by atoms with Gasteiger partial charge in [0.15, 0.2) is 23.1 Å². The van der Waals surface area contributed by atoms with Crippen molar-refractivity contribution in [3.63, 3.8) is 0 Å². The smallest absolute Gasteiger partial charge is 0.251 e. The third-order valence-electron chi connectivity index (χ3n) is 5.45. The lowest BCUT2D eigenvalue weighted by atomic mass is 10.1. The molecule has 2 heterocycles. The molecule has 1 aliphatic rings. The fourth-order valence-electron chi connectivity index (χ4n) is 3.62. The van der Waals surface area contributed by atoms with Crippen LogP contribution < -0.4 is 10.6 Å². The molecule has 1 amide bonds. The van der Waals surface area contributed by atoms with Crippen LogP contribution in [0.4, 0.5) is 14.6 Å². The molecule has 0 bridgehead atoms. The molecule has 7 nitrogen and oxygen atoms in total. The highest BCUT2D eigenvalue weighted by atomic mass is 19.2. The normalized spacial score (nSPS) is 13.6. The number of rotatable bonds is 7. The quantitative estimate of drug-likeness (QED) is 0.385. The standard InChI is InChI=1S/C23H21F2N5O2/c24-16-10-18-19(11-17(16)25)30-20(12-27-22(30)21(29-18)26-8-1-9-31)13-2-4-14(5-3-13)23(32)28-15-6-7-15/h2-5,10-12,15,31H,1,6-9H2,(H,26,29)(H,28,32). The molecule has 0 saturated heterocycles. The molecule has 0 unspecified atom stereocenters. The summed E-state index contributed by atoms with van der Waals surface area (Å²) in [6.07, 6.45) is 4.16. The molecule has 2 aromatic heterocycles. The number of carbonyl (C=O) groups is 1. The van der Waals surface area contributed by atoms with Crippen molar-refractivity contribution in [2.45, 2.75) is 25.3 Å². The van der Waals surface area contributed by atoms with Crippen molar-refractivity contribution in [2.75, 3.05) is 18.5 Å². The molecule has 1 fully saturated rings. The van der Waals surface area contributed by atoms with Gasteiger partial charge in [-0.3, -0.25) is 9.20 Å². The molecule has 2 aromatic carbocycles. The molecule has 1 aliphatic carbocycles. The van der Waals surface area contributed by atoms with Crippen LogP contribution >= 0.6 is 0 Å². The van der Waals surface area contributed by atoms with Gasteiger partial charge in [-0.2, -0.15) is 0 Å². The van der Waals surface area contributed by atoms with Crippen LogP contribution in [0.2, 0.25) is 0 Å². The van der Waals surface area contributed by atoms with Crippen molar-refractivity contribution < 1.29 is 18.7 Å². The van der Waals surface area contributed by atoms with E-state index in [4.69, 9.17) is 5.11 Å². The average Bonchev–Trinajstić information content (AvgIpc) is 3.49. The maximum Gasteiger partial charge on any atom is 0.251 e. The van der Waals surface area contributed by atoms with E-state index in [1.54, 1.807) is 34.9 Å². The number of carbonyl (C=O) groups excluding carboxylic acids is 1. The Balaban J connectivity index is 1.61. The van der Waals surface area contributed by atoms with Crippen LogP contribution in [-0.4, -0.2) is 44.6 Å². The third-order valence-corrected chi connectivity index (χ3v) is 5.45. The van der Waals surface area contributed by atoms with E-state index in [2.05, 4.69) is 20.6 Å². The van der Waals surface area contributed by atoms with E-state index in [-0.39, 0.29) is 24.1 Å². The fourth-order valence-corrected chi connectivity index (χ4v) is 3.62. The van der Waals surface area contributed by atoms with Crippen LogP contribution in [0.5, 0.6) is 0 Å². The minimum atomic E-state index is -0.988. The van der Waals surface area contributed by atoms with Crippen LogP contribution in [0.1, 0.15) is 29.6 Å². The highest BCUT2D eigenvalue weighted by Crippen LogP contribution is 2.30. The van der Waals surface area contributed by atoms with Gasteiger partial charge in [0.25, 0.3) is 5.91 Å². The summed E-state index contributed by atoms with van der Waals surface area (Å²) in [4.78, 5) is 21.2. The predicted molar refractivity (Wildman–Crippen MR) is 117 cm³/mol. The summed E-state index contributed by atoms with van der Waals surface area (Å²) in [6.45, 7) is 0.457. The van der Waals surface area contributed by atoms with Crippen LogP contribution in [0, 0.1) is 11.6 Å². The lowest BCUT2D eigenvalue weighted by Gasteiger charge is -2.12. The van der Waals surface area contributed by atoms with Crippen LogP contribution in [0.25, 0.3) is 27.9 Å². The molecule has 5 rings (SSSR count). The first-order valence-corrected chi connectivity index (χ1v) is 10.5. The Morgan fingerprint density at radius 2 is 1.91 bits per heavy atom. The van der Waals surface area contributed by atoms with Gasteiger partial charge >= 0.3 is 0 Å². The second-order valence-electron chi connectivity index (χ2n) is 7.85. The van der Waals surface area contributed by atoms with Crippen LogP contribution in [0.3, 0.4) is 0 Å². The predicted octanol–water partition coefficient (Wildman–Crippen LogP) is 3.51. The van der Waals surface area contributed by atoms with Gasteiger partial charge in [-0.15, -0.1) is 0 Å². The van der Waals surface area contributed by atoms with Crippen molar-refractivity contribution in [1.82, 2.24) is 19.7 Å². The van der Waals surface area contributed by atoms with Crippen molar-refractivity contribution in [1.29, 1.82) is 0 Å². The lowest BCUT2D eigenvalue weighted by molar-refractivity contribution is 0.0951. The minimum Gasteiger partial charge on any atom is -0.396 e. The molecular formula is C23H21F2N5O2. The largest absolute Gasteiger partial charge is 0.396 e. The lowest BCUT2D eigenvalue weighted by Crippen LogP contribution is -2.25. The fraction of sp³-hybridized carbons (Fsp3) is 0.261. The topological polar surface area (TPSA) is 91.5 Å². The van der Waals surface area contributed by atoms with Gasteiger partial charge in [-0.25, -0.2) is 18.7 Å². The van der Waals surface area contributed by atoms with Gasteiger partial charge in [-0.1, -0.05) is 12.1 Å². The van der Waals surface area contributed by atoms with E-state index in [0.29, 0.717) is 41.2 Å². The first-order valence-electron chi connectivity index (χ1n) is 10.5. The van der Waals surface area contributed by atoms with E-state index in [1.807, 2.05) is 0 Å². The number of fused-ring (bicyclic) bond motifs is 3. The number of imidazole rings is 1. The Labute approximate surface area is 182 Å². The van der Waals surface area contributed by atoms with E-state index >= 15 is 0 Å². The number of hydrogen-bond acceptors (Lipinski definition) is 5. The van der Waals surface area contributed by atoms with Gasteiger partial charge in [0.1, 0.15) is 0 Å². The molecule has 0 aliphatic heterocycles. The second kappa shape index (κ2) is 8.16. The number of amides is 1. The van der Waals surface area contributed by atoms with Gasteiger partial charge in [0, 0.05) is 42.5 Å². The number of aliphatic hydroxyl groups is 1. The zero-order valence-electron chi connectivity index (χ0n) is 17.1. The summed E-state index contributed by atoms with van der Waals surface area (Å²) in [5, 5.41) is 15.1. The minimum absolute atomic E-state index is 0.0110. The molecular weight excluding hydrogens is 416 g/mol. The zero-order chi connectivity index (χ0) is 22.2. The van der Waals surface area contributed by atoms with Gasteiger partial charge in [0.05, 0.1) is 22.9 Å². The monoisotopic (exact) mass is 437 g/mol. The maximum atomic E-state index is 14.1.